The van der Waals surface area contributed by atoms with E-state index in [9.17, 15) is 9.59 Å². The summed E-state index contributed by atoms with van der Waals surface area (Å²) in [6, 6.07) is 30.2. The average molecular weight is 571 g/mol. The number of nitrogens with one attached hydrogen (secondary N) is 1. The molecule has 5 aromatic rings. The number of imidazole rings is 1. The van der Waals surface area contributed by atoms with Gasteiger partial charge in [-0.1, -0.05) is 78.6 Å². The van der Waals surface area contributed by atoms with Crippen LogP contribution in [0.2, 0.25) is 0 Å². The van der Waals surface area contributed by atoms with E-state index in [2.05, 4.69) is 17.2 Å². The first kappa shape index (κ1) is 29.2. The molecule has 1 atom stereocenters. The molecule has 0 amide bonds. The number of hydrogen-bond donors (Lipinski definition) is 1. The number of anilines is 3. The Morgan fingerprint density at radius 2 is 1.67 bits per heavy atom. The van der Waals surface area contributed by atoms with E-state index in [4.69, 9.17) is 9.72 Å². The van der Waals surface area contributed by atoms with Gasteiger partial charge in [0, 0.05) is 36.5 Å². The molecule has 1 N–H and O–H groups in total. The third-order valence-corrected chi connectivity index (χ3v) is 7.31. The Labute approximate surface area is 252 Å². The summed E-state index contributed by atoms with van der Waals surface area (Å²) in [5, 5.41) is 3.47. The maximum absolute atomic E-state index is 13.5. The van der Waals surface area contributed by atoms with Gasteiger partial charge in [0.25, 0.3) is 0 Å². The molecule has 0 aliphatic heterocycles. The van der Waals surface area contributed by atoms with E-state index >= 15 is 0 Å². The van der Waals surface area contributed by atoms with Crippen molar-refractivity contribution in [3.05, 3.63) is 119 Å². The number of aromatic nitrogens is 2. The Bertz CT molecular complexity index is 1830. The summed E-state index contributed by atoms with van der Waals surface area (Å²) < 4.78 is 7.40. The van der Waals surface area contributed by atoms with Gasteiger partial charge in [0.2, 0.25) is 5.95 Å². The lowest BCUT2D eigenvalue weighted by Crippen LogP contribution is -2.20. The number of carbonyl (C=O) groups excluding carboxylic acids is 2. The zero-order valence-electron chi connectivity index (χ0n) is 24.8. The number of ether oxygens (including phenoxy) is 1. The van der Waals surface area contributed by atoms with E-state index < -0.39 is 5.92 Å². The first-order valence-corrected chi connectivity index (χ1v) is 14.3. The van der Waals surface area contributed by atoms with Gasteiger partial charge in [-0.05, 0) is 49.7 Å². The molecule has 1 heterocycles. The number of rotatable bonds is 9. The maximum Gasteiger partial charge on any atom is 0.313 e. The van der Waals surface area contributed by atoms with Crippen molar-refractivity contribution in [1.29, 1.82) is 0 Å². The molecule has 216 valence electrons. The fourth-order valence-electron chi connectivity index (χ4n) is 5.04. The number of para-hydroxylation sites is 4. The van der Waals surface area contributed by atoms with Crippen molar-refractivity contribution in [2.24, 2.45) is 7.05 Å². The lowest BCUT2D eigenvalue weighted by Gasteiger charge is -2.20. The number of nitrogens with zero attached hydrogens (tertiary/aromatic N) is 3. The van der Waals surface area contributed by atoms with Crippen LogP contribution in [0.25, 0.3) is 11.0 Å². The van der Waals surface area contributed by atoms with Gasteiger partial charge in [0.05, 0.1) is 35.8 Å². The normalized spacial score (nSPS) is 11.3. The van der Waals surface area contributed by atoms with Crippen molar-refractivity contribution >= 4 is 40.1 Å². The molecule has 7 nitrogen and oxygen atoms in total. The summed E-state index contributed by atoms with van der Waals surface area (Å²) in [4.78, 5) is 33.1. The first-order chi connectivity index (χ1) is 20.9. The van der Waals surface area contributed by atoms with Gasteiger partial charge < -0.3 is 19.5 Å². The fraction of sp³-hybridized carbons (Fsp3) is 0.194. The molecule has 1 aromatic heterocycles. The van der Waals surface area contributed by atoms with Gasteiger partial charge in [-0.3, -0.25) is 9.59 Å². The molecule has 0 spiro atoms. The number of esters is 1. The third kappa shape index (κ3) is 6.29. The van der Waals surface area contributed by atoms with Crippen molar-refractivity contribution < 1.29 is 14.3 Å². The summed E-state index contributed by atoms with van der Waals surface area (Å²) in [6.07, 6.45) is 0. The molecular weight excluding hydrogens is 536 g/mol. The van der Waals surface area contributed by atoms with Crippen LogP contribution in [0.15, 0.2) is 97.1 Å². The number of benzene rings is 4. The molecule has 0 aliphatic carbocycles. The van der Waals surface area contributed by atoms with Gasteiger partial charge in [-0.15, -0.1) is 0 Å². The lowest BCUT2D eigenvalue weighted by atomic mass is 9.95. The van der Waals surface area contributed by atoms with Crippen LogP contribution in [-0.4, -0.2) is 41.5 Å². The first-order valence-electron chi connectivity index (χ1n) is 14.3. The van der Waals surface area contributed by atoms with E-state index in [-0.39, 0.29) is 18.4 Å². The minimum atomic E-state index is -0.552. The highest BCUT2D eigenvalue weighted by Gasteiger charge is 2.23. The summed E-state index contributed by atoms with van der Waals surface area (Å²) in [5.41, 5.74) is 5.81. The number of aryl methyl sites for hydroxylation is 1. The van der Waals surface area contributed by atoms with Gasteiger partial charge in [0.1, 0.15) is 0 Å². The maximum atomic E-state index is 13.5. The van der Waals surface area contributed by atoms with Crippen LogP contribution in [0.4, 0.5) is 17.3 Å². The smallest absolute Gasteiger partial charge is 0.313 e. The van der Waals surface area contributed by atoms with Gasteiger partial charge in [-0.25, -0.2) is 4.98 Å². The highest BCUT2D eigenvalue weighted by molar-refractivity contribution is 6.12. The van der Waals surface area contributed by atoms with Gasteiger partial charge in [0.15, 0.2) is 5.78 Å². The largest absolute Gasteiger partial charge is 0.466 e. The molecule has 0 saturated carbocycles. The second-order valence-electron chi connectivity index (χ2n) is 10.2. The summed E-state index contributed by atoms with van der Waals surface area (Å²) in [6.45, 7) is 4.32. The van der Waals surface area contributed by atoms with Crippen LogP contribution in [0.3, 0.4) is 0 Å². The quantitative estimate of drug-likeness (QED) is 0.121. The number of carbonyl (C=O) groups is 2. The Balaban J connectivity index is 1.51. The predicted octanol–water partition coefficient (Wildman–Crippen LogP) is 6.70. The highest BCUT2D eigenvalue weighted by Crippen LogP contribution is 2.33. The lowest BCUT2D eigenvalue weighted by molar-refractivity contribution is -0.144. The number of hydrogen-bond acceptors (Lipinski definition) is 6. The number of ketones is 1. The van der Waals surface area contributed by atoms with Crippen molar-refractivity contribution in [3.8, 4) is 11.8 Å². The summed E-state index contributed by atoms with van der Waals surface area (Å²) in [7, 11) is 3.95. The molecule has 7 heteroatoms. The predicted molar refractivity (Wildman–Crippen MR) is 172 cm³/mol. The second-order valence-corrected chi connectivity index (χ2v) is 10.2. The fourth-order valence-corrected chi connectivity index (χ4v) is 5.04. The standard InChI is InChI=1S/C36H34N4O3/c1-5-43-35(42)25(2)28-20-13-17-26(18-14-24-39(3)36-38-31-22-11-12-23-32(31)40(36)4)33(28)37-30-21-10-9-19-29(30)34(41)27-15-7-6-8-16-27/h6-13,15-17,19-23,25,37H,5,24H2,1-4H3/t25-/m0/s1. The van der Waals surface area contributed by atoms with Crippen molar-refractivity contribution in [1.82, 2.24) is 9.55 Å². The van der Waals surface area contributed by atoms with Crippen LogP contribution >= 0.6 is 0 Å². The van der Waals surface area contributed by atoms with Crippen LogP contribution in [0.1, 0.15) is 46.8 Å². The third-order valence-electron chi connectivity index (χ3n) is 7.31. The Kier molecular flexibility index (Phi) is 8.88. The van der Waals surface area contributed by atoms with Crippen molar-refractivity contribution in [2.45, 2.75) is 19.8 Å². The minimum Gasteiger partial charge on any atom is -0.466 e. The topological polar surface area (TPSA) is 76.5 Å². The van der Waals surface area contributed by atoms with Crippen LogP contribution in [-0.2, 0) is 16.6 Å². The Morgan fingerprint density at radius 3 is 2.44 bits per heavy atom. The van der Waals surface area contributed by atoms with E-state index in [1.165, 1.54) is 0 Å². The van der Waals surface area contributed by atoms with E-state index in [0.29, 0.717) is 34.6 Å². The van der Waals surface area contributed by atoms with Crippen LogP contribution in [0, 0.1) is 11.8 Å². The molecule has 4 aromatic carbocycles. The number of fused-ring (bicyclic) bond motifs is 1. The van der Waals surface area contributed by atoms with Crippen LogP contribution < -0.4 is 10.2 Å². The minimum absolute atomic E-state index is 0.101. The SMILES string of the molecule is CCOC(=O)[C@@H](C)c1cccc(C#CCN(C)c2nc3ccccc3n2C)c1Nc1ccccc1C(=O)c1ccccc1. The van der Waals surface area contributed by atoms with Crippen LogP contribution in [0.5, 0.6) is 0 Å². The second kappa shape index (κ2) is 13.1. The molecule has 0 aliphatic rings. The molecule has 0 saturated heterocycles. The molecule has 0 unspecified atom stereocenters. The van der Waals surface area contributed by atoms with Crippen molar-refractivity contribution in [2.75, 3.05) is 30.4 Å². The molecule has 0 radical (unpaired) electrons. The molecule has 5 rings (SSSR count). The molecule has 43 heavy (non-hydrogen) atoms. The zero-order chi connectivity index (χ0) is 30.3. The van der Waals surface area contributed by atoms with E-state index in [0.717, 1.165) is 22.5 Å². The molecule has 0 fully saturated rings. The Morgan fingerprint density at radius 1 is 0.953 bits per heavy atom. The summed E-state index contributed by atoms with van der Waals surface area (Å²) in [5.74, 6) is 6.42. The van der Waals surface area contributed by atoms with E-state index in [1.54, 1.807) is 25.1 Å². The van der Waals surface area contributed by atoms with Gasteiger partial charge >= 0.3 is 5.97 Å². The van der Waals surface area contributed by atoms with Crippen molar-refractivity contribution in [3.63, 3.8) is 0 Å². The zero-order valence-corrected chi connectivity index (χ0v) is 24.8. The van der Waals surface area contributed by atoms with E-state index in [1.807, 2.05) is 109 Å². The Hall–Kier alpha value is -5.35. The average Bonchev–Trinajstić information content (AvgIpc) is 3.38. The molecular formula is C36H34N4O3. The molecule has 0 bridgehead atoms. The van der Waals surface area contributed by atoms with Gasteiger partial charge in [-0.2, -0.15) is 0 Å². The highest BCUT2D eigenvalue weighted by atomic mass is 16.5. The monoisotopic (exact) mass is 570 g/mol. The summed E-state index contributed by atoms with van der Waals surface area (Å²) >= 11 is 0.